The van der Waals surface area contributed by atoms with Gasteiger partial charge in [0.2, 0.25) is 5.88 Å². The Balaban J connectivity index is 1.73. The third-order valence-corrected chi connectivity index (χ3v) is 3.89. The Hall–Kier alpha value is -4.08. The fourth-order valence-electron chi connectivity index (χ4n) is 2.47. The van der Waals surface area contributed by atoms with Gasteiger partial charge in [-0.3, -0.25) is 4.79 Å². The lowest BCUT2D eigenvalue weighted by molar-refractivity contribution is -0.137. The third-order valence-electron chi connectivity index (χ3n) is 3.89. The molecule has 2 N–H and O–H groups in total. The highest BCUT2D eigenvalue weighted by Gasteiger charge is 2.30. The molecule has 2 aromatic carbocycles. The topological polar surface area (TPSA) is 89.5 Å². The fourth-order valence-corrected chi connectivity index (χ4v) is 2.47. The molecule has 3 aromatic rings. The molecule has 10 heteroatoms. The van der Waals surface area contributed by atoms with Gasteiger partial charge in [-0.1, -0.05) is 12.1 Å². The molecule has 0 atom stereocenters. The Morgan fingerprint density at radius 1 is 0.968 bits per heavy atom. The lowest BCUT2D eigenvalue weighted by Gasteiger charge is -2.11. The van der Waals surface area contributed by atoms with Crippen LogP contribution in [-0.4, -0.2) is 24.0 Å². The van der Waals surface area contributed by atoms with Crippen molar-refractivity contribution >= 4 is 17.7 Å². The van der Waals surface area contributed by atoms with Crippen LogP contribution in [0.25, 0.3) is 0 Å². The van der Waals surface area contributed by atoms with Crippen molar-refractivity contribution in [3.63, 3.8) is 0 Å². The van der Waals surface area contributed by atoms with Crippen LogP contribution in [0.2, 0.25) is 0 Å². The number of nitrogens with zero attached hydrogens (tertiary/aromatic N) is 1. The van der Waals surface area contributed by atoms with E-state index in [4.69, 9.17) is 9.47 Å². The first-order chi connectivity index (χ1) is 14.7. The molecule has 1 aromatic heterocycles. The van der Waals surface area contributed by atoms with Crippen LogP contribution in [0.1, 0.15) is 15.9 Å². The lowest BCUT2D eigenvalue weighted by Crippen LogP contribution is -2.22. The van der Waals surface area contributed by atoms with Gasteiger partial charge in [0, 0.05) is 30.6 Å². The minimum atomic E-state index is -4.51. The number of ether oxygens (including phenoxy) is 2. The van der Waals surface area contributed by atoms with Gasteiger partial charge in [0.1, 0.15) is 11.5 Å². The van der Waals surface area contributed by atoms with E-state index in [1.54, 1.807) is 12.1 Å². The van der Waals surface area contributed by atoms with E-state index < -0.39 is 23.7 Å². The number of hydrogen-bond acceptors (Lipinski definition) is 5. The van der Waals surface area contributed by atoms with Crippen LogP contribution in [-0.2, 0) is 6.18 Å². The molecule has 31 heavy (non-hydrogen) atoms. The van der Waals surface area contributed by atoms with Crippen molar-refractivity contribution in [3.05, 3.63) is 78.0 Å². The van der Waals surface area contributed by atoms with Gasteiger partial charge >= 0.3 is 12.3 Å². The maximum atomic E-state index is 12.8. The molecule has 3 rings (SSSR count). The standard InChI is InChI=1S/C21H16F3N3O4/c1-25-20(29)31-18-12-17(8-9-26-18)30-16-7-2-4-13(10-16)19(28)27-15-6-3-5-14(11-15)21(22,23)24/h2-12H,1H3,(H,25,29)(H,27,28). The summed E-state index contributed by atoms with van der Waals surface area (Å²) < 4.78 is 49.1. The van der Waals surface area contributed by atoms with Gasteiger partial charge in [0.25, 0.3) is 5.91 Å². The van der Waals surface area contributed by atoms with Crippen LogP contribution in [0.15, 0.2) is 66.9 Å². The van der Waals surface area contributed by atoms with Crippen molar-refractivity contribution < 1.29 is 32.2 Å². The molecule has 0 aliphatic heterocycles. The lowest BCUT2D eigenvalue weighted by atomic mass is 10.1. The number of nitrogens with one attached hydrogen (secondary N) is 2. The second-order valence-electron chi connectivity index (χ2n) is 6.13. The number of carbonyl (C=O) groups is 2. The van der Waals surface area contributed by atoms with Crippen molar-refractivity contribution in [2.24, 2.45) is 0 Å². The molecule has 160 valence electrons. The largest absolute Gasteiger partial charge is 0.457 e. The molecule has 0 aliphatic carbocycles. The summed E-state index contributed by atoms with van der Waals surface area (Å²) in [5, 5.41) is 4.72. The Morgan fingerprint density at radius 2 is 1.71 bits per heavy atom. The van der Waals surface area contributed by atoms with E-state index in [1.165, 1.54) is 49.6 Å². The normalized spacial score (nSPS) is 10.8. The zero-order chi connectivity index (χ0) is 22.4. The van der Waals surface area contributed by atoms with Gasteiger partial charge in [-0.15, -0.1) is 0 Å². The van der Waals surface area contributed by atoms with E-state index in [2.05, 4.69) is 15.6 Å². The Labute approximate surface area is 174 Å². The number of anilines is 1. The molecule has 0 radical (unpaired) electrons. The third kappa shape index (κ3) is 5.95. The molecular weight excluding hydrogens is 415 g/mol. The van der Waals surface area contributed by atoms with Gasteiger partial charge in [0.15, 0.2) is 0 Å². The summed E-state index contributed by atoms with van der Waals surface area (Å²) in [5.41, 5.74) is -0.683. The Morgan fingerprint density at radius 3 is 2.45 bits per heavy atom. The minimum absolute atomic E-state index is 0.00953. The van der Waals surface area contributed by atoms with Crippen LogP contribution in [0.3, 0.4) is 0 Å². The summed E-state index contributed by atoms with van der Waals surface area (Å²) in [7, 11) is 1.40. The van der Waals surface area contributed by atoms with Gasteiger partial charge in [-0.05, 0) is 42.5 Å². The summed E-state index contributed by atoms with van der Waals surface area (Å²) in [4.78, 5) is 27.6. The molecule has 0 aliphatic rings. The van der Waals surface area contributed by atoms with Crippen molar-refractivity contribution in [1.29, 1.82) is 0 Å². The maximum absolute atomic E-state index is 12.8. The van der Waals surface area contributed by atoms with E-state index >= 15 is 0 Å². The average Bonchev–Trinajstić information content (AvgIpc) is 2.73. The van der Waals surface area contributed by atoms with Crippen molar-refractivity contribution in [1.82, 2.24) is 10.3 Å². The number of alkyl halides is 3. The van der Waals surface area contributed by atoms with E-state index in [9.17, 15) is 22.8 Å². The predicted molar refractivity (Wildman–Crippen MR) is 105 cm³/mol. The van der Waals surface area contributed by atoms with Gasteiger partial charge < -0.3 is 20.1 Å². The van der Waals surface area contributed by atoms with E-state index in [0.717, 1.165) is 12.1 Å². The van der Waals surface area contributed by atoms with E-state index in [1.807, 2.05) is 0 Å². The SMILES string of the molecule is CNC(=O)Oc1cc(Oc2cccc(C(=O)Nc3cccc(C(F)(F)F)c3)c2)ccn1. The molecule has 7 nitrogen and oxygen atoms in total. The molecule has 0 saturated heterocycles. The predicted octanol–water partition coefficient (Wildman–Crippen LogP) is 4.86. The van der Waals surface area contributed by atoms with E-state index in [-0.39, 0.29) is 22.9 Å². The Kier molecular flexibility index (Phi) is 6.39. The fraction of sp³-hybridized carbons (Fsp3) is 0.0952. The van der Waals surface area contributed by atoms with Gasteiger partial charge in [-0.25, -0.2) is 9.78 Å². The highest BCUT2D eigenvalue weighted by atomic mass is 19.4. The van der Waals surface area contributed by atoms with E-state index in [0.29, 0.717) is 5.75 Å². The number of aromatic nitrogens is 1. The number of amides is 2. The molecule has 0 unspecified atom stereocenters. The van der Waals surface area contributed by atoms with Crippen molar-refractivity contribution in [2.75, 3.05) is 12.4 Å². The maximum Gasteiger partial charge on any atom is 0.416 e. The number of hydrogen-bond donors (Lipinski definition) is 2. The highest BCUT2D eigenvalue weighted by molar-refractivity contribution is 6.04. The minimum Gasteiger partial charge on any atom is -0.457 e. The number of halogens is 3. The van der Waals surface area contributed by atoms with Crippen molar-refractivity contribution in [3.8, 4) is 17.4 Å². The smallest absolute Gasteiger partial charge is 0.416 e. The summed E-state index contributed by atoms with van der Waals surface area (Å²) in [6, 6.07) is 13.3. The summed E-state index contributed by atoms with van der Waals surface area (Å²) in [5.74, 6) is -0.0171. The number of benzene rings is 2. The van der Waals surface area contributed by atoms with Gasteiger partial charge in [0.05, 0.1) is 5.56 Å². The summed E-state index contributed by atoms with van der Waals surface area (Å²) in [6.07, 6.45) is -3.84. The van der Waals surface area contributed by atoms with Crippen LogP contribution in [0.5, 0.6) is 17.4 Å². The number of carbonyl (C=O) groups excluding carboxylic acids is 2. The second-order valence-corrected chi connectivity index (χ2v) is 6.13. The molecule has 2 amide bonds. The summed E-state index contributed by atoms with van der Waals surface area (Å²) >= 11 is 0. The monoisotopic (exact) mass is 431 g/mol. The zero-order valence-electron chi connectivity index (χ0n) is 16.1. The van der Waals surface area contributed by atoms with Crippen molar-refractivity contribution in [2.45, 2.75) is 6.18 Å². The summed E-state index contributed by atoms with van der Waals surface area (Å²) in [6.45, 7) is 0. The first kappa shape index (κ1) is 21.6. The molecule has 0 saturated carbocycles. The van der Waals surface area contributed by atoms with Gasteiger partial charge in [-0.2, -0.15) is 13.2 Å². The average molecular weight is 431 g/mol. The second kappa shape index (κ2) is 9.16. The Bertz CT molecular complexity index is 1100. The van der Waals surface area contributed by atoms with Crippen LogP contribution in [0.4, 0.5) is 23.7 Å². The first-order valence-corrected chi connectivity index (χ1v) is 8.87. The van der Waals surface area contributed by atoms with Crippen LogP contribution >= 0.6 is 0 Å². The molecule has 0 bridgehead atoms. The highest BCUT2D eigenvalue weighted by Crippen LogP contribution is 2.31. The molecule has 0 fully saturated rings. The molecular formula is C21H16F3N3O4. The van der Waals surface area contributed by atoms with Crippen LogP contribution in [0, 0.1) is 0 Å². The number of pyridine rings is 1. The zero-order valence-corrected chi connectivity index (χ0v) is 16.1. The number of rotatable bonds is 5. The molecule has 0 spiro atoms. The van der Waals surface area contributed by atoms with Crippen LogP contribution < -0.4 is 20.1 Å². The first-order valence-electron chi connectivity index (χ1n) is 8.87. The molecule has 1 heterocycles. The quantitative estimate of drug-likeness (QED) is 0.602.